The smallest absolute Gasteiger partial charge is 0.371 e. The van der Waals surface area contributed by atoms with Crippen LogP contribution in [-0.4, -0.2) is 44.9 Å². The number of hydrogen-bond donors (Lipinski definition) is 4. The molecule has 0 radical (unpaired) electrons. The third kappa shape index (κ3) is 1.55. The second kappa shape index (κ2) is 3.10. The van der Waals surface area contributed by atoms with Crippen LogP contribution in [0.15, 0.2) is 11.8 Å². The van der Waals surface area contributed by atoms with Gasteiger partial charge in [0.05, 0.1) is 0 Å². The van der Waals surface area contributed by atoms with E-state index in [9.17, 15) is 4.79 Å². The number of carboxylic acid groups (broad SMARTS) is 1. The Morgan fingerprint density at radius 2 is 2.00 bits per heavy atom. The van der Waals surface area contributed by atoms with E-state index in [-0.39, 0.29) is 0 Å². The van der Waals surface area contributed by atoms with Gasteiger partial charge >= 0.3 is 5.97 Å². The highest BCUT2D eigenvalue weighted by atomic mass is 16.6. The molecular weight excluding hydrogens is 168 g/mol. The Labute approximate surface area is 67.3 Å². The minimum Gasteiger partial charge on any atom is -0.475 e. The van der Waals surface area contributed by atoms with E-state index >= 15 is 0 Å². The van der Waals surface area contributed by atoms with Crippen LogP contribution in [0, 0.1) is 0 Å². The van der Waals surface area contributed by atoms with E-state index in [1.165, 1.54) is 0 Å². The zero-order chi connectivity index (χ0) is 9.30. The van der Waals surface area contributed by atoms with Crippen molar-refractivity contribution >= 4 is 5.97 Å². The monoisotopic (exact) mass is 176 g/mol. The molecule has 68 valence electrons. The van der Waals surface area contributed by atoms with Crippen LogP contribution in [-0.2, 0) is 9.53 Å². The van der Waals surface area contributed by atoms with Gasteiger partial charge in [0.1, 0.15) is 12.2 Å². The second-order valence-corrected chi connectivity index (χ2v) is 2.33. The molecule has 1 unspecified atom stereocenters. The highest BCUT2D eigenvalue weighted by Crippen LogP contribution is 2.16. The molecule has 0 spiro atoms. The minimum absolute atomic E-state index is 0.569. The second-order valence-electron chi connectivity index (χ2n) is 2.33. The molecule has 3 atom stereocenters. The van der Waals surface area contributed by atoms with Gasteiger partial charge in [-0.2, -0.15) is 0 Å². The topological polar surface area (TPSA) is 107 Å². The lowest BCUT2D eigenvalue weighted by molar-refractivity contribution is -0.183. The standard InChI is InChI=1S/C6H8O6/c7-2-1-3(5(9)10)12-6(11)4(2)8/h1-2,4,6-8,11H,(H,9,10)/t2-,4-,6?/m0/s1. The maximum Gasteiger partial charge on any atom is 0.371 e. The first-order chi connectivity index (χ1) is 5.52. The molecule has 4 N–H and O–H groups in total. The minimum atomic E-state index is -1.70. The number of hydrogen-bond acceptors (Lipinski definition) is 5. The Morgan fingerprint density at radius 3 is 2.42 bits per heavy atom. The van der Waals surface area contributed by atoms with Crippen molar-refractivity contribution in [3.63, 3.8) is 0 Å². The summed E-state index contributed by atoms with van der Waals surface area (Å²) < 4.78 is 4.34. The van der Waals surface area contributed by atoms with E-state index in [1.807, 2.05) is 0 Å². The van der Waals surface area contributed by atoms with Crippen molar-refractivity contribution in [2.45, 2.75) is 18.5 Å². The summed E-state index contributed by atoms with van der Waals surface area (Å²) in [6.45, 7) is 0. The van der Waals surface area contributed by atoms with Gasteiger partial charge in [-0.25, -0.2) is 4.79 Å². The Bertz CT molecular complexity index is 222. The highest BCUT2D eigenvalue weighted by Gasteiger charge is 2.32. The molecule has 0 aromatic carbocycles. The number of aliphatic hydroxyl groups is 3. The van der Waals surface area contributed by atoms with Gasteiger partial charge in [0.15, 0.2) is 0 Å². The van der Waals surface area contributed by atoms with Gasteiger partial charge in [0.25, 0.3) is 0 Å². The van der Waals surface area contributed by atoms with Crippen molar-refractivity contribution in [2.24, 2.45) is 0 Å². The van der Waals surface area contributed by atoms with E-state index < -0.39 is 30.2 Å². The van der Waals surface area contributed by atoms with Gasteiger partial charge in [-0.05, 0) is 6.08 Å². The quantitative estimate of drug-likeness (QED) is 0.369. The van der Waals surface area contributed by atoms with Gasteiger partial charge in [-0.1, -0.05) is 0 Å². The van der Waals surface area contributed by atoms with Crippen molar-refractivity contribution < 1.29 is 30.0 Å². The Balaban J connectivity index is 2.81. The summed E-state index contributed by atoms with van der Waals surface area (Å²) in [7, 11) is 0. The molecule has 1 rings (SSSR count). The molecule has 1 aliphatic heterocycles. The number of ether oxygens (including phenoxy) is 1. The zero-order valence-electron chi connectivity index (χ0n) is 5.91. The third-order valence-corrected chi connectivity index (χ3v) is 1.42. The Kier molecular flexibility index (Phi) is 2.32. The predicted molar refractivity (Wildman–Crippen MR) is 34.8 cm³/mol. The number of aliphatic carboxylic acids is 1. The first-order valence-corrected chi connectivity index (χ1v) is 3.18. The summed E-state index contributed by atoms with van der Waals surface area (Å²) in [5.74, 6) is -1.97. The highest BCUT2D eigenvalue weighted by molar-refractivity contribution is 5.84. The molecule has 0 aliphatic carbocycles. The van der Waals surface area contributed by atoms with E-state index in [1.54, 1.807) is 0 Å². The summed E-state index contributed by atoms with van der Waals surface area (Å²) in [4.78, 5) is 10.3. The average Bonchev–Trinajstić information content (AvgIpc) is 1.99. The van der Waals surface area contributed by atoms with Crippen molar-refractivity contribution in [3.05, 3.63) is 11.8 Å². The maximum absolute atomic E-state index is 10.3. The molecule has 0 saturated heterocycles. The van der Waals surface area contributed by atoms with Crippen LogP contribution in [0.4, 0.5) is 0 Å². The molecule has 6 nitrogen and oxygen atoms in total. The van der Waals surface area contributed by atoms with Gasteiger partial charge < -0.3 is 25.2 Å². The normalized spacial score (nSPS) is 35.2. The Hall–Kier alpha value is -1.11. The summed E-state index contributed by atoms with van der Waals surface area (Å²) in [5, 5.41) is 35.0. The predicted octanol–water partition coefficient (Wildman–Crippen LogP) is -1.97. The number of carbonyl (C=O) groups is 1. The van der Waals surface area contributed by atoms with Crippen LogP contribution >= 0.6 is 0 Å². The third-order valence-electron chi connectivity index (χ3n) is 1.42. The van der Waals surface area contributed by atoms with Crippen molar-refractivity contribution in [2.75, 3.05) is 0 Å². The number of rotatable bonds is 1. The molecule has 0 bridgehead atoms. The van der Waals surface area contributed by atoms with Crippen LogP contribution in [0.1, 0.15) is 0 Å². The Morgan fingerprint density at radius 1 is 1.42 bits per heavy atom. The summed E-state index contributed by atoms with van der Waals surface area (Å²) >= 11 is 0. The summed E-state index contributed by atoms with van der Waals surface area (Å²) in [6.07, 6.45) is -3.80. The largest absolute Gasteiger partial charge is 0.475 e. The molecule has 0 amide bonds. The zero-order valence-corrected chi connectivity index (χ0v) is 5.91. The van der Waals surface area contributed by atoms with E-state index in [0.717, 1.165) is 6.08 Å². The van der Waals surface area contributed by atoms with Crippen LogP contribution in [0.25, 0.3) is 0 Å². The molecule has 0 aromatic rings. The van der Waals surface area contributed by atoms with Gasteiger partial charge in [0, 0.05) is 0 Å². The molecular formula is C6H8O6. The van der Waals surface area contributed by atoms with Crippen molar-refractivity contribution in [1.82, 2.24) is 0 Å². The molecule has 0 fully saturated rings. The molecule has 1 heterocycles. The fourth-order valence-corrected chi connectivity index (χ4v) is 0.783. The fraction of sp³-hybridized carbons (Fsp3) is 0.500. The summed E-state index contributed by atoms with van der Waals surface area (Å²) in [6, 6.07) is 0. The van der Waals surface area contributed by atoms with Crippen molar-refractivity contribution in [1.29, 1.82) is 0 Å². The summed E-state index contributed by atoms with van der Waals surface area (Å²) in [5.41, 5.74) is 0. The molecule has 6 heteroatoms. The lowest BCUT2D eigenvalue weighted by Crippen LogP contribution is -2.42. The molecule has 0 saturated carbocycles. The van der Waals surface area contributed by atoms with Gasteiger partial charge in [-0.3, -0.25) is 0 Å². The first kappa shape index (κ1) is 8.98. The van der Waals surface area contributed by atoms with E-state index in [4.69, 9.17) is 20.4 Å². The van der Waals surface area contributed by atoms with E-state index in [0.29, 0.717) is 0 Å². The molecule has 1 aliphatic rings. The SMILES string of the molecule is O=C(O)C1=C[C@H](O)[C@H](O)C(O)O1. The molecule has 0 aromatic heterocycles. The maximum atomic E-state index is 10.3. The lowest BCUT2D eigenvalue weighted by Gasteiger charge is -2.26. The first-order valence-electron chi connectivity index (χ1n) is 3.18. The molecule has 12 heavy (non-hydrogen) atoms. The van der Waals surface area contributed by atoms with Crippen LogP contribution < -0.4 is 0 Å². The van der Waals surface area contributed by atoms with Gasteiger partial charge in [-0.15, -0.1) is 0 Å². The van der Waals surface area contributed by atoms with E-state index in [2.05, 4.69) is 4.74 Å². The van der Waals surface area contributed by atoms with Crippen LogP contribution in [0.3, 0.4) is 0 Å². The number of aliphatic hydroxyl groups excluding tert-OH is 3. The van der Waals surface area contributed by atoms with Crippen LogP contribution in [0.2, 0.25) is 0 Å². The number of carboxylic acids is 1. The van der Waals surface area contributed by atoms with Crippen molar-refractivity contribution in [3.8, 4) is 0 Å². The fourth-order valence-electron chi connectivity index (χ4n) is 0.783. The van der Waals surface area contributed by atoms with Crippen LogP contribution in [0.5, 0.6) is 0 Å². The average molecular weight is 176 g/mol. The van der Waals surface area contributed by atoms with Gasteiger partial charge in [0.2, 0.25) is 12.0 Å². The lowest BCUT2D eigenvalue weighted by atomic mass is 10.1.